The fourth-order valence-electron chi connectivity index (χ4n) is 2.43. The number of pyridine rings is 1. The molecule has 0 aliphatic rings. The monoisotopic (exact) mass is 289 g/mol. The van der Waals surface area contributed by atoms with E-state index in [2.05, 4.69) is 17.1 Å². The summed E-state index contributed by atoms with van der Waals surface area (Å²) in [6, 6.07) is 18.1. The van der Waals surface area contributed by atoms with E-state index in [1.165, 1.54) is 10.8 Å². The zero-order valence-electron chi connectivity index (χ0n) is 11.9. The number of fused-ring (bicyclic) bond motifs is 1. The number of carboxylic acid groups (broad SMARTS) is 1. The summed E-state index contributed by atoms with van der Waals surface area (Å²) in [4.78, 5) is 15.0. The topological polar surface area (TPSA) is 50.2 Å². The van der Waals surface area contributed by atoms with Crippen molar-refractivity contribution in [2.24, 2.45) is 0 Å². The van der Waals surface area contributed by atoms with Gasteiger partial charge < -0.3 is 5.11 Å². The molecular formula is C19H15NO2. The van der Waals surface area contributed by atoms with Crippen molar-refractivity contribution in [1.29, 1.82) is 0 Å². The van der Waals surface area contributed by atoms with Crippen LogP contribution < -0.4 is 0 Å². The first-order valence-corrected chi connectivity index (χ1v) is 7.05. The summed E-state index contributed by atoms with van der Waals surface area (Å²) >= 11 is 0. The second kappa shape index (κ2) is 6.22. The number of hydrogen-bond acceptors (Lipinski definition) is 2. The van der Waals surface area contributed by atoms with E-state index in [1.54, 1.807) is 6.08 Å². The molecule has 0 atom stereocenters. The summed E-state index contributed by atoms with van der Waals surface area (Å²) in [6.45, 7) is 0. The van der Waals surface area contributed by atoms with Crippen LogP contribution in [0.15, 0.2) is 66.9 Å². The number of aliphatic carboxylic acids is 1. The molecule has 0 saturated heterocycles. The van der Waals surface area contributed by atoms with Gasteiger partial charge in [0.15, 0.2) is 0 Å². The third-order valence-corrected chi connectivity index (χ3v) is 3.53. The van der Waals surface area contributed by atoms with Gasteiger partial charge in [-0.15, -0.1) is 0 Å². The van der Waals surface area contributed by atoms with Crippen molar-refractivity contribution in [3.63, 3.8) is 0 Å². The number of carbonyl (C=O) groups is 1. The maximum Gasteiger partial charge on any atom is 0.328 e. The second-order valence-corrected chi connectivity index (χ2v) is 5.07. The average Bonchev–Trinajstić information content (AvgIpc) is 2.54. The van der Waals surface area contributed by atoms with Crippen LogP contribution in [0.3, 0.4) is 0 Å². The normalized spacial score (nSPS) is 11.1. The van der Waals surface area contributed by atoms with E-state index in [9.17, 15) is 4.79 Å². The molecule has 1 heterocycles. The van der Waals surface area contributed by atoms with Crippen molar-refractivity contribution in [1.82, 2.24) is 4.98 Å². The Morgan fingerprint density at radius 3 is 2.59 bits per heavy atom. The molecular weight excluding hydrogens is 274 g/mol. The SMILES string of the molecule is O=C(O)/C=C/c1ccc(Cc2nccc3ccccc23)cc1. The molecule has 3 rings (SSSR count). The van der Waals surface area contributed by atoms with Crippen molar-refractivity contribution in [3.8, 4) is 0 Å². The van der Waals surface area contributed by atoms with Crippen molar-refractivity contribution in [3.05, 3.63) is 83.7 Å². The lowest BCUT2D eigenvalue weighted by Crippen LogP contribution is -1.93. The molecule has 1 N–H and O–H groups in total. The Morgan fingerprint density at radius 1 is 1.05 bits per heavy atom. The highest BCUT2D eigenvalue weighted by atomic mass is 16.4. The number of rotatable bonds is 4. The van der Waals surface area contributed by atoms with Crippen LogP contribution in [0, 0.1) is 0 Å². The van der Waals surface area contributed by atoms with Gasteiger partial charge in [-0.05, 0) is 28.7 Å². The van der Waals surface area contributed by atoms with Gasteiger partial charge in [0.05, 0.1) is 5.69 Å². The quantitative estimate of drug-likeness (QED) is 0.740. The van der Waals surface area contributed by atoms with Crippen LogP contribution in [-0.2, 0) is 11.2 Å². The molecule has 3 heteroatoms. The largest absolute Gasteiger partial charge is 0.478 e. The molecule has 0 unspecified atom stereocenters. The minimum absolute atomic E-state index is 0.754. The Labute approximate surface area is 128 Å². The molecule has 2 aromatic carbocycles. The average molecular weight is 289 g/mol. The van der Waals surface area contributed by atoms with Gasteiger partial charge in [-0.1, -0.05) is 48.5 Å². The highest BCUT2D eigenvalue weighted by molar-refractivity contribution is 5.85. The number of carboxylic acids is 1. The number of nitrogens with zero attached hydrogens (tertiary/aromatic N) is 1. The van der Waals surface area contributed by atoms with Gasteiger partial charge in [-0.3, -0.25) is 4.98 Å². The lowest BCUT2D eigenvalue weighted by Gasteiger charge is -2.06. The van der Waals surface area contributed by atoms with E-state index in [0.29, 0.717) is 0 Å². The Kier molecular flexibility index (Phi) is 3.97. The summed E-state index contributed by atoms with van der Waals surface area (Å²) in [5.41, 5.74) is 3.07. The van der Waals surface area contributed by atoms with Crippen LogP contribution in [0.1, 0.15) is 16.8 Å². The molecule has 0 amide bonds. The Bertz CT molecular complexity index is 830. The standard InChI is InChI=1S/C19H15NO2/c21-19(22)10-9-14-5-7-15(8-6-14)13-18-17-4-2-1-3-16(17)11-12-20-18/h1-12H,13H2,(H,21,22)/b10-9+. The van der Waals surface area contributed by atoms with Crippen molar-refractivity contribution >= 4 is 22.8 Å². The number of benzene rings is 2. The molecule has 3 aromatic rings. The van der Waals surface area contributed by atoms with Gasteiger partial charge in [0.2, 0.25) is 0 Å². The maximum atomic E-state index is 10.5. The summed E-state index contributed by atoms with van der Waals surface area (Å²) in [5, 5.41) is 11.0. The molecule has 22 heavy (non-hydrogen) atoms. The van der Waals surface area contributed by atoms with Crippen molar-refractivity contribution in [2.75, 3.05) is 0 Å². The third-order valence-electron chi connectivity index (χ3n) is 3.53. The lowest BCUT2D eigenvalue weighted by atomic mass is 10.0. The van der Waals surface area contributed by atoms with E-state index < -0.39 is 5.97 Å². The van der Waals surface area contributed by atoms with Crippen LogP contribution >= 0.6 is 0 Å². The molecule has 0 spiro atoms. The van der Waals surface area contributed by atoms with Crippen LogP contribution in [-0.4, -0.2) is 16.1 Å². The molecule has 3 nitrogen and oxygen atoms in total. The Hall–Kier alpha value is -2.94. The summed E-state index contributed by atoms with van der Waals surface area (Å²) in [6.07, 6.45) is 5.31. The highest BCUT2D eigenvalue weighted by Crippen LogP contribution is 2.19. The Balaban J connectivity index is 1.85. The van der Waals surface area contributed by atoms with Crippen molar-refractivity contribution in [2.45, 2.75) is 6.42 Å². The molecule has 0 aliphatic carbocycles. The summed E-state index contributed by atoms with van der Waals surface area (Å²) in [7, 11) is 0. The van der Waals surface area contributed by atoms with E-state index in [4.69, 9.17) is 5.11 Å². The molecule has 1 aromatic heterocycles. The van der Waals surface area contributed by atoms with Gasteiger partial charge in [-0.2, -0.15) is 0 Å². The van der Waals surface area contributed by atoms with Crippen LogP contribution in [0.5, 0.6) is 0 Å². The van der Waals surface area contributed by atoms with Gasteiger partial charge in [-0.25, -0.2) is 4.79 Å². The first-order valence-electron chi connectivity index (χ1n) is 7.05. The minimum atomic E-state index is -0.941. The first kappa shape index (κ1) is 14.0. The molecule has 0 bridgehead atoms. The summed E-state index contributed by atoms with van der Waals surface area (Å²) < 4.78 is 0. The zero-order valence-corrected chi connectivity index (χ0v) is 11.9. The van der Waals surface area contributed by atoms with E-state index in [-0.39, 0.29) is 0 Å². The highest BCUT2D eigenvalue weighted by Gasteiger charge is 2.03. The molecule has 108 valence electrons. The van der Waals surface area contributed by atoms with Crippen LogP contribution in [0.4, 0.5) is 0 Å². The van der Waals surface area contributed by atoms with Gasteiger partial charge in [0.25, 0.3) is 0 Å². The smallest absolute Gasteiger partial charge is 0.328 e. The predicted octanol–water partition coefficient (Wildman–Crippen LogP) is 3.92. The molecule has 0 aliphatic heterocycles. The summed E-state index contributed by atoms with van der Waals surface area (Å²) in [5.74, 6) is -0.941. The number of hydrogen-bond donors (Lipinski definition) is 1. The van der Waals surface area contributed by atoms with Crippen LogP contribution in [0.2, 0.25) is 0 Å². The van der Waals surface area contributed by atoms with Gasteiger partial charge in [0.1, 0.15) is 0 Å². The molecule has 0 radical (unpaired) electrons. The predicted molar refractivity (Wildman–Crippen MR) is 87.7 cm³/mol. The van der Waals surface area contributed by atoms with Crippen molar-refractivity contribution < 1.29 is 9.90 Å². The second-order valence-electron chi connectivity index (χ2n) is 5.07. The number of aromatic nitrogens is 1. The van der Waals surface area contributed by atoms with E-state index in [1.807, 2.05) is 48.7 Å². The fraction of sp³-hybridized carbons (Fsp3) is 0.0526. The molecule has 0 saturated carbocycles. The minimum Gasteiger partial charge on any atom is -0.478 e. The van der Waals surface area contributed by atoms with Gasteiger partial charge >= 0.3 is 5.97 Å². The van der Waals surface area contributed by atoms with Crippen LogP contribution in [0.25, 0.3) is 16.8 Å². The third kappa shape index (κ3) is 3.20. The molecule has 0 fully saturated rings. The van der Waals surface area contributed by atoms with E-state index >= 15 is 0 Å². The zero-order chi connectivity index (χ0) is 15.4. The maximum absolute atomic E-state index is 10.5. The van der Waals surface area contributed by atoms with Gasteiger partial charge in [0, 0.05) is 24.1 Å². The first-order chi connectivity index (χ1) is 10.7. The lowest BCUT2D eigenvalue weighted by molar-refractivity contribution is -0.131. The van der Waals surface area contributed by atoms with E-state index in [0.717, 1.165) is 29.3 Å². The Morgan fingerprint density at radius 2 is 1.82 bits per heavy atom. The fourth-order valence-corrected chi connectivity index (χ4v) is 2.43.